The van der Waals surface area contributed by atoms with Crippen molar-refractivity contribution in [1.29, 1.82) is 0 Å². The van der Waals surface area contributed by atoms with Gasteiger partial charge in [0.25, 0.3) is 0 Å². The second kappa shape index (κ2) is 7.43. The lowest BCUT2D eigenvalue weighted by Crippen LogP contribution is -2.49. The van der Waals surface area contributed by atoms with Crippen molar-refractivity contribution in [3.63, 3.8) is 0 Å². The number of rotatable bonds is 4. The fourth-order valence-electron chi connectivity index (χ4n) is 4.00. The average Bonchev–Trinajstić information content (AvgIpc) is 3.18. The van der Waals surface area contributed by atoms with Gasteiger partial charge in [-0.1, -0.05) is 24.3 Å². The number of carbonyl (C=O) groups is 3. The number of allylic oxidation sites excluding steroid dienone is 2. The monoisotopic (exact) mass is 391 g/mol. The maximum absolute atomic E-state index is 12.8. The van der Waals surface area contributed by atoms with Crippen molar-refractivity contribution >= 4 is 29.2 Å². The van der Waals surface area contributed by atoms with Crippen LogP contribution in [0.15, 0.2) is 54.6 Å². The molecule has 2 aliphatic rings. The molecule has 7 nitrogen and oxygen atoms in total. The zero-order valence-corrected chi connectivity index (χ0v) is 15.7. The molecule has 1 heterocycles. The van der Waals surface area contributed by atoms with Crippen LogP contribution in [-0.4, -0.2) is 23.9 Å². The first-order valence-electron chi connectivity index (χ1n) is 9.31. The molecule has 1 aliphatic heterocycles. The molecule has 0 radical (unpaired) electrons. The summed E-state index contributed by atoms with van der Waals surface area (Å²) in [5.41, 5.74) is 2.19. The summed E-state index contributed by atoms with van der Waals surface area (Å²) in [4.78, 5) is 35.5. The van der Waals surface area contributed by atoms with Crippen LogP contribution < -0.4 is 20.5 Å². The smallest absolute Gasteiger partial charge is 0.345 e. The van der Waals surface area contributed by atoms with Crippen molar-refractivity contribution in [2.75, 3.05) is 10.6 Å². The van der Waals surface area contributed by atoms with Crippen molar-refractivity contribution < 1.29 is 24.2 Å². The summed E-state index contributed by atoms with van der Waals surface area (Å²) in [5.74, 6) is -1.89. The largest absolute Gasteiger partial charge is 0.548 e. The van der Waals surface area contributed by atoms with Crippen molar-refractivity contribution in [3.05, 3.63) is 65.7 Å². The topological polar surface area (TPSA) is 108 Å². The molecule has 29 heavy (non-hydrogen) atoms. The number of para-hydroxylation sites is 1. The molecule has 1 aliphatic carbocycles. The first-order chi connectivity index (χ1) is 13.9. The van der Waals surface area contributed by atoms with Gasteiger partial charge in [-0.05, 0) is 48.2 Å². The minimum Gasteiger partial charge on any atom is -0.548 e. The molecule has 0 bridgehead atoms. The third-order valence-electron chi connectivity index (χ3n) is 5.26. The summed E-state index contributed by atoms with van der Waals surface area (Å²) < 4.78 is 5.46. The third-order valence-corrected chi connectivity index (χ3v) is 5.26. The van der Waals surface area contributed by atoms with E-state index in [0.717, 1.165) is 5.56 Å². The molecule has 4 rings (SSSR count). The molecule has 148 valence electrons. The van der Waals surface area contributed by atoms with Crippen LogP contribution in [0.1, 0.15) is 35.2 Å². The molecule has 2 aromatic rings. The standard InChI is InChI=1S/C22H20N2O5/c1-12(25)23-13-8-10-14(11-9-13)29-22(28)18-7-3-5-16-15-4-2-6-17(15)20(21(26)27)24-19(16)18/h2-5,7-11,15,17,20,24H,6H2,1H3,(H,23,25)(H,26,27)/p-1/t15-,17-,20-/m1/s1. The number of carbonyl (C=O) groups excluding carboxylic acids is 3. The molecule has 0 saturated carbocycles. The van der Waals surface area contributed by atoms with Gasteiger partial charge in [-0.3, -0.25) is 4.79 Å². The number of amides is 1. The summed E-state index contributed by atoms with van der Waals surface area (Å²) in [6.45, 7) is 1.41. The van der Waals surface area contributed by atoms with Crippen molar-refractivity contribution in [1.82, 2.24) is 0 Å². The third kappa shape index (κ3) is 3.59. The second-order valence-electron chi connectivity index (χ2n) is 7.16. The molecule has 2 aromatic carbocycles. The van der Waals surface area contributed by atoms with E-state index in [-0.39, 0.29) is 23.3 Å². The first kappa shape index (κ1) is 18.7. The van der Waals surface area contributed by atoms with Gasteiger partial charge < -0.3 is 25.3 Å². The molecule has 1 amide bonds. The van der Waals surface area contributed by atoms with Crippen molar-refractivity contribution in [2.24, 2.45) is 5.92 Å². The normalized spacial score (nSPS) is 21.5. The number of hydrogen-bond acceptors (Lipinski definition) is 6. The lowest BCUT2D eigenvalue weighted by atomic mass is 9.78. The van der Waals surface area contributed by atoms with Crippen LogP contribution in [0.4, 0.5) is 11.4 Å². The van der Waals surface area contributed by atoms with Crippen LogP contribution >= 0.6 is 0 Å². The Morgan fingerprint density at radius 3 is 2.59 bits per heavy atom. The summed E-state index contributed by atoms with van der Waals surface area (Å²) in [7, 11) is 0. The number of fused-ring (bicyclic) bond motifs is 3. The van der Waals surface area contributed by atoms with Gasteiger partial charge in [0, 0.05) is 18.5 Å². The lowest BCUT2D eigenvalue weighted by Gasteiger charge is -2.38. The number of aliphatic carboxylic acids is 1. The molecule has 7 heteroatoms. The number of carboxylic acids is 1. The van der Waals surface area contributed by atoms with E-state index in [0.29, 0.717) is 23.5 Å². The zero-order valence-electron chi connectivity index (χ0n) is 15.7. The van der Waals surface area contributed by atoms with Crippen molar-refractivity contribution in [2.45, 2.75) is 25.3 Å². The Hall–Kier alpha value is -3.61. The van der Waals surface area contributed by atoms with E-state index < -0.39 is 18.0 Å². The van der Waals surface area contributed by atoms with E-state index in [1.54, 1.807) is 36.4 Å². The average molecular weight is 391 g/mol. The Morgan fingerprint density at radius 1 is 1.14 bits per heavy atom. The van der Waals surface area contributed by atoms with Gasteiger partial charge in [0.15, 0.2) is 0 Å². The van der Waals surface area contributed by atoms with Crippen LogP contribution in [0.2, 0.25) is 0 Å². The van der Waals surface area contributed by atoms with E-state index >= 15 is 0 Å². The van der Waals surface area contributed by atoms with Crippen LogP contribution in [0.3, 0.4) is 0 Å². The van der Waals surface area contributed by atoms with E-state index in [1.807, 2.05) is 18.2 Å². The highest BCUT2D eigenvalue weighted by molar-refractivity contribution is 5.99. The number of benzene rings is 2. The van der Waals surface area contributed by atoms with Crippen LogP contribution in [0.5, 0.6) is 5.75 Å². The molecule has 0 saturated heterocycles. The summed E-state index contributed by atoms with van der Waals surface area (Å²) in [6, 6.07) is 10.8. The van der Waals surface area contributed by atoms with E-state index in [4.69, 9.17) is 4.74 Å². The molecule has 0 spiro atoms. The number of nitrogens with one attached hydrogen (secondary N) is 2. The Balaban J connectivity index is 1.60. The second-order valence-corrected chi connectivity index (χ2v) is 7.16. The van der Waals surface area contributed by atoms with Crippen LogP contribution in [-0.2, 0) is 9.59 Å². The van der Waals surface area contributed by atoms with Gasteiger partial charge in [0.1, 0.15) is 5.75 Å². The summed E-state index contributed by atoms with van der Waals surface area (Å²) in [5, 5.41) is 17.3. The molecular formula is C22H19N2O5-. The highest BCUT2D eigenvalue weighted by Gasteiger charge is 2.39. The fourth-order valence-corrected chi connectivity index (χ4v) is 4.00. The van der Waals surface area contributed by atoms with E-state index in [9.17, 15) is 19.5 Å². The highest BCUT2D eigenvalue weighted by atomic mass is 16.5. The summed E-state index contributed by atoms with van der Waals surface area (Å²) >= 11 is 0. The Morgan fingerprint density at radius 2 is 1.90 bits per heavy atom. The minimum absolute atomic E-state index is 0.0844. The summed E-state index contributed by atoms with van der Waals surface area (Å²) in [6.07, 6.45) is 4.59. The maximum atomic E-state index is 12.8. The molecule has 0 aromatic heterocycles. The Bertz CT molecular complexity index is 1010. The SMILES string of the molecule is CC(=O)Nc1ccc(OC(=O)c2cccc3c2N[C@@H](C(=O)[O-])[C@@H]2CC=C[C@H]32)cc1. The Labute approximate surface area is 167 Å². The predicted molar refractivity (Wildman–Crippen MR) is 105 cm³/mol. The lowest BCUT2D eigenvalue weighted by molar-refractivity contribution is -0.308. The molecule has 0 fully saturated rings. The quantitative estimate of drug-likeness (QED) is 0.469. The molecule has 0 unspecified atom stereocenters. The van der Waals surface area contributed by atoms with E-state index in [1.165, 1.54) is 6.92 Å². The number of esters is 1. The fraction of sp³-hybridized carbons (Fsp3) is 0.227. The number of ether oxygens (including phenoxy) is 1. The molecule has 2 N–H and O–H groups in total. The van der Waals surface area contributed by atoms with Crippen molar-refractivity contribution in [3.8, 4) is 5.75 Å². The first-order valence-corrected chi connectivity index (χ1v) is 9.31. The van der Waals surface area contributed by atoms with Gasteiger partial charge >= 0.3 is 5.97 Å². The van der Waals surface area contributed by atoms with Crippen LogP contribution in [0.25, 0.3) is 0 Å². The van der Waals surface area contributed by atoms with Gasteiger partial charge in [-0.15, -0.1) is 0 Å². The van der Waals surface area contributed by atoms with Gasteiger partial charge in [0.2, 0.25) is 5.91 Å². The zero-order chi connectivity index (χ0) is 20.5. The van der Waals surface area contributed by atoms with Gasteiger partial charge in [-0.2, -0.15) is 0 Å². The predicted octanol–water partition coefficient (Wildman–Crippen LogP) is 2.07. The Kier molecular flexibility index (Phi) is 4.80. The van der Waals surface area contributed by atoms with E-state index in [2.05, 4.69) is 10.6 Å². The highest BCUT2D eigenvalue weighted by Crippen LogP contribution is 2.45. The minimum atomic E-state index is -1.19. The van der Waals surface area contributed by atoms with Gasteiger partial charge in [-0.25, -0.2) is 4.79 Å². The number of anilines is 2. The maximum Gasteiger partial charge on any atom is 0.345 e. The van der Waals surface area contributed by atoms with Crippen LogP contribution in [0, 0.1) is 5.92 Å². The molecule has 3 atom stereocenters. The number of carboxylic acid groups (broad SMARTS) is 1. The molecular weight excluding hydrogens is 372 g/mol. The van der Waals surface area contributed by atoms with Gasteiger partial charge in [0.05, 0.1) is 23.3 Å². The number of hydrogen-bond donors (Lipinski definition) is 2.